The predicted octanol–water partition coefficient (Wildman–Crippen LogP) is 1.94. The smallest absolute Gasteiger partial charge is 0.244 e. The molecule has 0 radical (unpaired) electrons. The van der Waals surface area contributed by atoms with Gasteiger partial charge in [0, 0.05) is 19.0 Å². The van der Waals surface area contributed by atoms with E-state index in [-0.39, 0.29) is 23.8 Å². The van der Waals surface area contributed by atoms with Crippen LogP contribution in [0.5, 0.6) is 0 Å². The van der Waals surface area contributed by atoms with Crippen LogP contribution in [0.15, 0.2) is 30.3 Å². The Morgan fingerprint density at radius 2 is 1.58 bits per heavy atom. The van der Waals surface area contributed by atoms with Gasteiger partial charge in [-0.25, -0.2) is 0 Å². The Kier molecular flexibility index (Phi) is 5.51. The van der Waals surface area contributed by atoms with E-state index in [1.165, 1.54) is 6.42 Å². The van der Waals surface area contributed by atoms with Gasteiger partial charge in [0.15, 0.2) is 0 Å². The number of carbonyl (C=O) groups is 2. The second-order valence-corrected chi connectivity index (χ2v) is 6.91. The summed E-state index contributed by atoms with van der Waals surface area (Å²) < 4.78 is 0. The fourth-order valence-electron chi connectivity index (χ4n) is 3.87. The first-order valence-electron chi connectivity index (χ1n) is 9.04. The number of nitrogens with zero attached hydrogens (tertiary/aromatic N) is 2. The van der Waals surface area contributed by atoms with Gasteiger partial charge in [-0.1, -0.05) is 30.3 Å². The molecule has 2 saturated heterocycles. The zero-order valence-corrected chi connectivity index (χ0v) is 14.2. The summed E-state index contributed by atoms with van der Waals surface area (Å²) in [5.41, 5.74) is 6.49. The average molecular weight is 329 g/mol. The second kappa shape index (κ2) is 7.79. The van der Waals surface area contributed by atoms with Crippen molar-refractivity contribution in [2.75, 3.05) is 26.2 Å². The van der Waals surface area contributed by atoms with Gasteiger partial charge in [-0.15, -0.1) is 0 Å². The Morgan fingerprint density at radius 3 is 2.17 bits per heavy atom. The Morgan fingerprint density at radius 1 is 0.958 bits per heavy atom. The quantitative estimate of drug-likeness (QED) is 0.918. The number of primary amides is 1. The van der Waals surface area contributed by atoms with E-state index in [1.54, 1.807) is 0 Å². The lowest BCUT2D eigenvalue weighted by Crippen LogP contribution is -2.48. The molecule has 1 atom stereocenters. The molecule has 2 N–H and O–H groups in total. The predicted molar refractivity (Wildman–Crippen MR) is 93.1 cm³/mol. The lowest BCUT2D eigenvalue weighted by Gasteiger charge is -2.39. The highest BCUT2D eigenvalue weighted by molar-refractivity contribution is 5.83. The molecule has 0 bridgehead atoms. The summed E-state index contributed by atoms with van der Waals surface area (Å²) in [5.74, 6) is -0.0607. The van der Waals surface area contributed by atoms with Gasteiger partial charge >= 0.3 is 0 Å². The van der Waals surface area contributed by atoms with Crippen molar-refractivity contribution in [1.82, 2.24) is 9.80 Å². The summed E-state index contributed by atoms with van der Waals surface area (Å²) in [5, 5.41) is 0. The highest BCUT2D eigenvalue weighted by Gasteiger charge is 2.35. The van der Waals surface area contributed by atoms with Crippen LogP contribution in [-0.2, 0) is 9.59 Å². The number of rotatable bonds is 4. The van der Waals surface area contributed by atoms with Crippen LogP contribution in [0.3, 0.4) is 0 Å². The van der Waals surface area contributed by atoms with E-state index in [0.29, 0.717) is 0 Å². The van der Waals surface area contributed by atoms with E-state index < -0.39 is 0 Å². The average Bonchev–Trinajstić information content (AvgIpc) is 2.64. The van der Waals surface area contributed by atoms with Crippen molar-refractivity contribution in [1.29, 1.82) is 0 Å². The maximum absolute atomic E-state index is 13.2. The molecule has 0 aromatic heterocycles. The highest BCUT2D eigenvalue weighted by Crippen LogP contribution is 2.29. The van der Waals surface area contributed by atoms with Gasteiger partial charge in [0.2, 0.25) is 11.8 Å². The van der Waals surface area contributed by atoms with Crippen molar-refractivity contribution in [2.24, 2.45) is 11.7 Å². The molecular formula is C19H27N3O2. The molecule has 5 heteroatoms. The van der Waals surface area contributed by atoms with Gasteiger partial charge < -0.3 is 10.6 Å². The summed E-state index contributed by atoms with van der Waals surface area (Å²) in [7, 11) is 0. The van der Waals surface area contributed by atoms with Crippen molar-refractivity contribution in [2.45, 2.75) is 38.1 Å². The van der Waals surface area contributed by atoms with Gasteiger partial charge in [0.1, 0.15) is 6.04 Å². The molecule has 24 heavy (non-hydrogen) atoms. The minimum Gasteiger partial charge on any atom is -0.369 e. The number of carbonyl (C=O) groups excluding carboxylic acids is 2. The largest absolute Gasteiger partial charge is 0.369 e. The standard InChI is InChI=1S/C19H27N3O2/c20-18(23)16-9-13-21(14-10-16)17(15-7-3-1-4-8-15)19(24)22-11-5-2-6-12-22/h1,3-4,7-8,16-17H,2,5-6,9-14H2,(H2,20,23). The van der Waals surface area contributed by atoms with Crippen LogP contribution in [0.2, 0.25) is 0 Å². The molecule has 0 aliphatic carbocycles. The summed E-state index contributed by atoms with van der Waals surface area (Å²) in [6.07, 6.45) is 4.88. The fourth-order valence-corrected chi connectivity index (χ4v) is 3.87. The van der Waals surface area contributed by atoms with Crippen LogP contribution in [0.25, 0.3) is 0 Å². The van der Waals surface area contributed by atoms with Crippen molar-refractivity contribution in [3.63, 3.8) is 0 Å². The summed E-state index contributed by atoms with van der Waals surface area (Å²) in [6, 6.07) is 9.78. The monoisotopic (exact) mass is 329 g/mol. The summed E-state index contributed by atoms with van der Waals surface area (Å²) >= 11 is 0. The minimum absolute atomic E-state index is 0.0530. The Labute approximate surface area is 143 Å². The lowest BCUT2D eigenvalue weighted by molar-refractivity contribution is -0.139. The maximum atomic E-state index is 13.2. The minimum atomic E-state index is -0.238. The second-order valence-electron chi connectivity index (χ2n) is 6.91. The first kappa shape index (κ1) is 17.0. The first-order valence-corrected chi connectivity index (χ1v) is 9.04. The normalized spacial score (nSPS) is 21.4. The zero-order valence-electron chi connectivity index (χ0n) is 14.2. The first-order chi connectivity index (χ1) is 11.7. The Bertz CT molecular complexity index is 561. The number of hydrogen-bond acceptors (Lipinski definition) is 3. The number of hydrogen-bond donors (Lipinski definition) is 1. The molecule has 2 fully saturated rings. The lowest BCUT2D eigenvalue weighted by atomic mass is 9.93. The van der Waals surface area contributed by atoms with E-state index in [0.717, 1.165) is 57.4 Å². The molecule has 130 valence electrons. The molecule has 5 nitrogen and oxygen atoms in total. The van der Waals surface area contributed by atoms with Gasteiger partial charge in [-0.2, -0.15) is 0 Å². The molecule has 2 aliphatic rings. The number of benzene rings is 1. The molecule has 1 unspecified atom stereocenters. The third-order valence-corrected chi connectivity index (χ3v) is 5.31. The summed E-state index contributed by atoms with van der Waals surface area (Å²) in [4.78, 5) is 28.9. The number of nitrogens with two attached hydrogens (primary N) is 1. The zero-order chi connectivity index (χ0) is 16.9. The van der Waals surface area contributed by atoms with E-state index in [9.17, 15) is 9.59 Å². The molecule has 2 heterocycles. The van der Waals surface area contributed by atoms with Crippen molar-refractivity contribution >= 4 is 11.8 Å². The van der Waals surface area contributed by atoms with E-state index >= 15 is 0 Å². The van der Waals surface area contributed by atoms with Crippen molar-refractivity contribution in [3.8, 4) is 0 Å². The molecule has 1 aromatic rings. The molecular weight excluding hydrogens is 302 g/mol. The molecule has 2 aliphatic heterocycles. The van der Waals surface area contributed by atoms with E-state index in [4.69, 9.17) is 5.73 Å². The van der Waals surface area contributed by atoms with Gasteiger partial charge in [0.25, 0.3) is 0 Å². The van der Waals surface area contributed by atoms with Crippen molar-refractivity contribution in [3.05, 3.63) is 35.9 Å². The van der Waals surface area contributed by atoms with Crippen LogP contribution in [-0.4, -0.2) is 47.8 Å². The SMILES string of the molecule is NC(=O)C1CCN(C(C(=O)N2CCCCC2)c2ccccc2)CC1. The Balaban J connectivity index is 1.78. The van der Waals surface area contributed by atoms with E-state index in [2.05, 4.69) is 4.90 Å². The third kappa shape index (κ3) is 3.78. The van der Waals surface area contributed by atoms with E-state index in [1.807, 2.05) is 35.2 Å². The van der Waals surface area contributed by atoms with Crippen LogP contribution in [0.4, 0.5) is 0 Å². The van der Waals surface area contributed by atoms with Gasteiger partial charge in [-0.05, 0) is 50.8 Å². The topological polar surface area (TPSA) is 66.6 Å². The van der Waals surface area contributed by atoms with Gasteiger partial charge in [-0.3, -0.25) is 14.5 Å². The molecule has 2 amide bonds. The molecule has 3 rings (SSSR count). The maximum Gasteiger partial charge on any atom is 0.244 e. The Hall–Kier alpha value is -1.88. The van der Waals surface area contributed by atoms with Gasteiger partial charge in [0.05, 0.1) is 0 Å². The molecule has 0 saturated carbocycles. The number of piperidine rings is 2. The number of likely N-dealkylation sites (tertiary alicyclic amines) is 2. The van der Waals surface area contributed by atoms with Crippen LogP contribution < -0.4 is 5.73 Å². The van der Waals surface area contributed by atoms with Crippen LogP contribution in [0.1, 0.15) is 43.7 Å². The van der Waals surface area contributed by atoms with Crippen LogP contribution >= 0.6 is 0 Å². The highest BCUT2D eigenvalue weighted by atomic mass is 16.2. The van der Waals surface area contributed by atoms with Crippen molar-refractivity contribution < 1.29 is 9.59 Å². The third-order valence-electron chi connectivity index (χ3n) is 5.31. The van der Waals surface area contributed by atoms with Crippen LogP contribution in [0, 0.1) is 5.92 Å². The molecule has 1 aromatic carbocycles. The number of amides is 2. The molecule has 0 spiro atoms. The summed E-state index contributed by atoms with van der Waals surface area (Å²) in [6.45, 7) is 3.21. The fraction of sp³-hybridized carbons (Fsp3) is 0.579.